The lowest BCUT2D eigenvalue weighted by Gasteiger charge is -2.03. The first-order valence-corrected chi connectivity index (χ1v) is 6.83. The van der Waals surface area contributed by atoms with Crippen molar-refractivity contribution in [2.45, 2.75) is 13.5 Å². The number of rotatable bonds is 5. The molecule has 2 rings (SSSR count). The van der Waals surface area contributed by atoms with Gasteiger partial charge in [-0.3, -0.25) is 4.79 Å². The number of hydrogen-bond donors (Lipinski definition) is 1. The summed E-state index contributed by atoms with van der Waals surface area (Å²) in [5.74, 6) is 0.663. The Morgan fingerprint density at radius 3 is 2.67 bits per heavy atom. The fraction of sp³-hybridized carbons (Fsp3) is 0.167. The Balaban J connectivity index is 1.88. The van der Waals surface area contributed by atoms with Crippen molar-refractivity contribution in [3.63, 3.8) is 0 Å². The Kier molecular flexibility index (Phi) is 5.16. The number of nitrogens with one attached hydrogen (secondary N) is 1. The summed E-state index contributed by atoms with van der Waals surface area (Å²) in [7, 11) is 1.62. The Labute approximate surface area is 125 Å². The zero-order valence-corrected chi connectivity index (χ0v) is 12.3. The van der Waals surface area contributed by atoms with E-state index in [0.29, 0.717) is 6.54 Å². The number of amides is 1. The quantitative estimate of drug-likeness (QED) is 0.854. The lowest BCUT2D eigenvalue weighted by Crippen LogP contribution is -2.20. The lowest BCUT2D eigenvalue weighted by atomic mass is 10.1. The van der Waals surface area contributed by atoms with Gasteiger partial charge in [0.05, 0.1) is 7.11 Å². The fourth-order valence-corrected chi connectivity index (χ4v) is 1.87. The third-order valence-corrected chi connectivity index (χ3v) is 3.11. The van der Waals surface area contributed by atoms with Gasteiger partial charge in [-0.15, -0.1) is 0 Å². The SMILES string of the molecule is COc1cccc(/C=C/C(=O)NCc2ccc(C)cc2)c1. The Bertz CT molecular complexity index is 630. The van der Waals surface area contributed by atoms with E-state index in [9.17, 15) is 4.79 Å². The van der Waals surface area contributed by atoms with Crippen molar-refractivity contribution in [3.8, 4) is 5.75 Å². The molecule has 0 fully saturated rings. The van der Waals surface area contributed by atoms with Crippen molar-refractivity contribution >= 4 is 12.0 Å². The number of methoxy groups -OCH3 is 1. The van der Waals surface area contributed by atoms with Crippen LogP contribution >= 0.6 is 0 Å². The highest BCUT2D eigenvalue weighted by Crippen LogP contribution is 2.13. The molecule has 1 amide bonds. The summed E-state index contributed by atoms with van der Waals surface area (Å²) in [5.41, 5.74) is 3.23. The van der Waals surface area contributed by atoms with E-state index in [-0.39, 0.29) is 5.91 Å². The summed E-state index contributed by atoms with van der Waals surface area (Å²) in [6, 6.07) is 15.7. The highest BCUT2D eigenvalue weighted by atomic mass is 16.5. The van der Waals surface area contributed by atoms with Gasteiger partial charge in [0.25, 0.3) is 0 Å². The topological polar surface area (TPSA) is 38.3 Å². The summed E-state index contributed by atoms with van der Waals surface area (Å²) in [6.07, 6.45) is 3.30. The number of carbonyl (C=O) groups excluding carboxylic acids is 1. The maximum atomic E-state index is 11.8. The van der Waals surface area contributed by atoms with Gasteiger partial charge in [-0.2, -0.15) is 0 Å². The Hall–Kier alpha value is -2.55. The molecule has 3 heteroatoms. The van der Waals surface area contributed by atoms with Gasteiger partial charge in [0.2, 0.25) is 5.91 Å². The maximum absolute atomic E-state index is 11.8. The van der Waals surface area contributed by atoms with E-state index in [1.807, 2.05) is 55.5 Å². The van der Waals surface area contributed by atoms with Gasteiger partial charge in [-0.05, 0) is 36.3 Å². The van der Waals surface area contributed by atoms with Crippen LogP contribution in [0.2, 0.25) is 0 Å². The molecule has 0 atom stereocenters. The number of benzene rings is 2. The van der Waals surface area contributed by atoms with Crippen LogP contribution in [0.25, 0.3) is 6.08 Å². The minimum Gasteiger partial charge on any atom is -0.497 e. The van der Waals surface area contributed by atoms with E-state index in [0.717, 1.165) is 16.9 Å². The third-order valence-electron chi connectivity index (χ3n) is 3.11. The van der Waals surface area contributed by atoms with E-state index >= 15 is 0 Å². The molecule has 0 aliphatic rings. The second-order valence-corrected chi connectivity index (χ2v) is 4.81. The number of ether oxygens (including phenoxy) is 1. The van der Waals surface area contributed by atoms with Crippen LogP contribution in [0.15, 0.2) is 54.6 Å². The highest BCUT2D eigenvalue weighted by Gasteiger charge is 1.97. The highest BCUT2D eigenvalue weighted by molar-refractivity contribution is 5.91. The molecule has 0 heterocycles. The van der Waals surface area contributed by atoms with Crippen LogP contribution in [0.4, 0.5) is 0 Å². The molecule has 0 saturated heterocycles. The number of hydrogen-bond acceptors (Lipinski definition) is 2. The van der Waals surface area contributed by atoms with E-state index in [1.54, 1.807) is 13.2 Å². The molecule has 0 bridgehead atoms. The number of aryl methyl sites for hydroxylation is 1. The van der Waals surface area contributed by atoms with Gasteiger partial charge in [0.15, 0.2) is 0 Å². The summed E-state index contributed by atoms with van der Waals surface area (Å²) in [6.45, 7) is 2.57. The van der Waals surface area contributed by atoms with Gasteiger partial charge in [0.1, 0.15) is 5.75 Å². The van der Waals surface area contributed by atoms with E-state index in [1.165, 1.54) is 11.6 Å². The zero-order valence-electron chi connectivity index (χ0n) is 12.3. The molecule has 0 spiro atoms. The molecule has 0 unspecified atom stereocenters. The molecule has 0 aliphatic carbocycles. The molecular formula is C18H19NO2. The predicted molar refractivity (Wildman–Crippen MR) is 85.1 cm³/mol. The van der Waals surface area contributed by atoms with Gasteiger partial charge in [0, 0.05) is 12.6 Å². The van der Waals surface area contributed by atoms with E-state index in [2.05, 4.69) is 5.32 Å². The van der Waals surface area contributed by atoms with Gasteiger partial charge < -0.3 is 10.1 Å². The molecule has 3 nitrogen and oxygen atoms in total. The molecule has 2 aromatic rings. The van der Waals surface area contributed by atoms with Crippen molar-refractivity contribution in [2.75, 3.05) is 7.11 Å². The third kappa shape index (κ3) is 4.80. The molecule has 0 aliphatic heterocycles. The first-order chi connectivity index (χ1) is 10.2. The van der Waals surface area contributed by atoms with Crippen molar-refractivity contribution in [1.29, 1.82) is 0 Å². The van der Waals surface area contributed by atoms with Crippen LogP contribution in [0.3, 0.4) is 0 Å². The Morgan fingerprint density at radius 1 is 1.19 bits per heavy atom. The zero-order chi connectivity index (χ0) is 15.1. The van der Waals surface area contributed by atoms with Crippen LogP contribution < -0.4 is 10.1 Å². The average Bonchev–Trinajstić information content (AvgIpc) is 2.52. The van der Waals surface area contributed by atoms with E-state index in [4.69, 9.17) is 4.74 Å². The smallest absolute Gasteiger partial charge is 0.244 e. The van der Waals surface area contributed by atoms with Gasteiger partial charge >= 0.3 is 0 Å². The monoisotopic (exact) mass is 281 g/mol. The van der Waals surface area contributed by atoms with Crippen LogP contribution in [0, 0.1) is 6.92 Å². The number of carbonyl (C=O) groups is 1. The first kappa shape index (κ1) is 14.9. The maximum Gasteiger partial charge on any atom is 0.244 e. The van der Waals surface area contributed by atoms with Gasteiger partial charge in [-0.25, -0.2) is 0 Å². The predicted octanol–water partition coefficient (Wildman–Crippen LogP) is 3.33. The summed E-state index contributed by atoms with van der Waals surface area (Å²) in [5, 5.41) is 2.86. The molecule has 0 saturated carbocycles. The summed E-state index contributed by atoms with van der Waals surface area (Å²) >= 11 is 0. The molecule has 2 aromatic carbocycles. The van der Waals surface area contributed by atoms with E-state index < -0.39 is 0 Å². The molecule has 21 heavy (non-hydrogen) atoms. The second-order valence-electron chi connectivity index (χ2n) is 4.81. The molecule has 108 valence electrons. The minimum atomic E-state index is -0.113. The molecule has 0 radical (unpaired) electrons. The van der Waals surface area contributed by atoms with Crippen molar-refractivity contribution in [1.82, 2.24) is 5.32 Å². The van der Waals surface area contributed by atoms with Crippen LogP contribution in [-0.4, -0.2) is 13.0 Å². The van der Waals surface area contributed by atoms with Crippen molar-refractivity contribution in [3.05, 3.63) is 71.3 Å². The standard InChI is InChI=1S/C18H19NO2/c1-14-6-8-16(9-7-14)13-19-18(20)11-10-15-4-3-5-17(12-15)21-2/h3-12H,13H2,1-2H3,(H,19,20)/b11-10+. The average molecular weight is 281 g/mol. The van der Waals surface area contributed by atoms with Crippen LogP contribution in [-0.2, 0) is 11.3 Å². The van der Waals surface area contributed by atoms with Crippen LogP contribution in [0.5, 0.6) is 5.75 Å². The van der Waals surface area contributed by atoms with Crippen molar-refractivity contribution < 1.29 is 9.53 Å². The Morgan fingerprint density at radius 2 is 1.95 bits per heavy atom. The largest absolute Gasteiger partial charge is 0.497 e. The first-order valence-electron chi connectivity index (χ1n) is 6.83. The molecule has 0 aromatic heterocycles. The normalized spacial score (nSPS) is 10.6. The molecule has 1 N–H and O–H groups in total. The molecular weight excluding hydrogens is 262 g/mol. The summed E-state index contributed by atoms with van der Waals surface area (Å²) in [4.78, 5) is 11.8. The van der Waals surface area contributed by atoms with Crippen LogP contribution in [0.1, 0.15) is 16.7 Å². The second kappa shape index (κ2) is 7.29. The lowest BCUT2D eigenvalue weighted by molar-refractivity contribution is -0.116. The van der Waals surface area contributed by atoms with Gasteiger partial charge in [-0.1, -0.05) is 42.0 Å². The fourth-order valence-electron chi connectivity index (χ4n) is 1.87. The van der Waals surface area contributed by atoms with Crippen molar-refractivity contribution in [2.24, 2.45) is 0 Å². The summed E-state index contributed by atoms with van der Waals surface area (Å²) < 4.78 is 5.14. The minimum absolute atomic E-state index is 0.113.